The number of aromatic nitrogens is 4. The lowest BCUT2D eigenvalue weighted by Gasteiger charge is -2.03. The highest BCUT2D eigenvalue weighted by Crippen LogP contribution is 2.32. The van der Waals surface area contributed by atoms with Gasteiger partial charge >= 0.3 is 6.18 Å². The number of rotatable bonds is 2. The quantitative estimate of drug-likeness (QED) is 0.483. The van der Waals surface area contributed by atoms with Crippen molar-refractivity contribution in [3.63, 3.8) is 0 Å². The molecule has 4 aromatic rings. The molecule has 0 spiro atoms. The summed E-state index contributed by atoms with van der Waals surface area (Å²) in [5.41, 5.74) is 4.05. The van der Waals surface area contributed by atoms with Crippen molar-refractivity contribution in [1.29, 1.82) is 0 Å². The van der Waals surface area contributed by atoms with Crippen LogP contribution in [-0.2, 0) is 13.2 Å². The van der Waals surface area contributed by atoms with Crippen LogP contribution in [0.15, 0.2) is 42.5 Å². The summed E-state index contributed by atoms with van der Waals surface area (Å²) in [6.07, 6.45) is -4.49. The molecule has 0 bridgehead atoms. The molecule has 0 saturated carbocycles. The largest absolute Gasteiger partial charge is 0.435 e. The first-order valence-corrected chi connectivity index (χ1v) is 8.48. The molecule has 3 heterocycles. The Morgan fingerprint density at radius 3 is 2.56 bits per heavy atom. The lowest BCUT2D eigenvalue weighted by Crippen LogP contribution is -2.06. The number of pyridine rings is 1. The van der Waals surface area contributed by atoms with Gasteiger partial charge in [-0.1, -0.05) is 17.7 Å². The summed E-state index contributed by atoms with van der Waals surface area (Å²) >= 11 is 6.10. The molecule has 0 unspecified atom stereocenters. The third kappa shape index (κ3) is 3.19. The fraction of sp³-hybridized carbons (Fsp3) is 0.158. The van der Waals surface area contributed by atoms with Crippen molar-refractivity contribution in [2.75, 3.05) is 0 Å². The van der Waals surface area contributed by atoms with Crippen LogP contribution in [0, 0.1) is 6.92 Å². The van der Waals surface area contributed by atoms with Crippen LogP contribution in [0.4, 0.5) is 13.2 Å². The second kappa shape index (κ2) is 6.13. The van der Waals surface area contributed by atoms with Gasteiger partial charge in [0.1, 0.15) is 0 Å². The Morgan fingerprint density at radius 1 is 1.07 bits per heavy atom. The molecule has 138 valence electrons. The van der Waals surface area contributed by atoms with E-state index in [0.29, 0.717) is 21.9 Å². The molecule has 0 radical (unpaired) electrons. The Morgan fingerprint density at radius 2 is 1.85 bits per heavy atom. The van der Waals surface area contributed by atoms with E-state index in [0.717, 1.165) is 28.4 Å². The molecule has 3 aromatic heterocycles. The molecule has 0 saturated heterocycles. The van der Waals surface area contributed by atoms with Crippen molar-refractivity contribution >= 4 is 22.6 Å². The molecule has 0 aliphatic heterocycles. The van der Waals surface area contributed by atoms with Gasteiger partial charge in [-0.15, -0.1) is 0 Å². The van der Waals surface area contributed by atoms with E-state index in [1.165, 1.54) is 11.7 Å². The second-order valence-corrected chi connectivity index (χ2v) is 6.74. The van der Waals surface area contributed by atoms with Gasteiger partial charge in [0.25, 0.3) is 0 Å². The van der Waals surface area contributed by atoms with Crippen LogP contribution in [0.2, 0.25) is 5.02 Å². The van der Waals surface area contributed by atoms with Crippen LogP contribution in [0.1, 0.15) is 11.3 Å². The molecule has 0 amide bonds. The van der Waals surface area contributed by atoms with Crippen molar-refractivity contribution in [3.05, 3.63) is 58.7 Å². The molecule has 0 atom stereocenters. The van der Waals surface area contributed by atoms with E-state index in [4.69, 9.17) is 11.6 Å². The van der Waals surface area contributed by atoms with Gasteiger partial charge in [0.2, 0.25) is 0 Å². The minimum absolute atomic E-state index is 0.297. The first kappa shape index (κ1) is 17.6. The lowest BCUT2D eigenvalue weighted by atomic mass is 10.1. The zero-order valence-corrected chi connectivity index (χ0v) is 15.2. The number of aryl methyl sites for hydroxylation is 2. The number of nitrogens with one attached hydrogen (secondary N) is 1. The molecule has 0 aliphatic rings. The van der Waals surface area contributed by atoms with Crippen molar-refractivity contribution in [3.8, 4) is 22.6 Å². The number of hydrogen-bond donors (Lipinski definition) is 1. The zero-order valence-electron chi connectivity index (χ0n) is 14.4. The third-order valence-electron chi connectivity index (χ3n) is 4.40. The van der Waals surface area contributed by atoms with Gasteiger partial charge in [-0.3, -0.25) is 4.68 Å². The monoisotopic (exact) mass is 390 g/mol. The first-order chi connectivity index (χ1) is 12.7. The smallest absolute Gasteiger partial charge is 0.353 e. The lowest BCUT2D eigenvalue weighted by molar-refractivity contribution is -0.141. The van der Waals surface area contributed by atoms with Gasteiger partial charge < -0.3 is 4.98 Å². The number of alkyl halides is 3. The summed E-state index contributed by atoms with van der Waals surface area (Å²) in [7, 11) is 1.47. The minimum atomic E-state index is -4.49. The van der Waals surface area contributed by atoms with Crippen LogP contribution in [0.3, 0.4) is 0 Å². The van der Waals surface area contributed by atoms with Crippen molar-refractivity contribution in [2.24, 2.45) is 7.05 Å². The molecule has 1 aromatic carbocycles. The molecule has 0 aliphatic carbocycles. The summed E-state index contributed by atoms with van der Waals surface area (Å²) < 4.78 is 39.9. The highest BCUT2D eigenvalue weighted by atomic mass is 35.5. The Hall–Kier alpha value is -2.80. The number of H-pyrrole nitrogens is 1. The van der Waals surface area contributed by atoms with Crippen molar-refractivity contribution in [2.45, 2.75) is 13.1 Å². The van der Waals surface area contributed by atoms with E-state index in [2.05, 4.69) is 15.1 Å². The predicted molar refractivity (Wildman–Crippen MR) is 98.5 cm³/mol. The molecule has 8 heteroatoms. The van der Waals surface area contributed by atoms with Crippen molar-refractivity contribution in [1.82, 2.24) is 19.7 Å². The summed E-state index contributed by atoms with van der Waals surface area (Å²) in [6, 6.07) is 11.9. The predicted octanol–water partition coefficient (Wildman–Crippen LogP) is 5.61. The van der Waals surface area contributed by atoms with Gasteiger partial charge in [0, 0.05) is 23.3 Å². The van der Waals surface area contributed by atoms with E-state index in [1.807, 2.05) is 31.2 Å². The Labute approximate surface area is 157 Å². The Bertz CT molecular complexity index is 1160. The maximum atomic E-state index is 12.9. The topological polar surface area (TPSA) is 46.5 Å². The maximum absolute atomic E-state index is 12.9. The van der Waals surface area contributed by atoms with E-state index in [9.17, 15) is 13.2 Å². The van der Waals surface area contributed by atoms with Crippen LogP contribution < -0.4 is 0 Å². The molecule has 0 fully saturated rings. The highest BCUT2D eigenvalue weighted by Gasteiger charge is 2.34. The van der Waals surface area contributed by atoms with Crippen LogP contribution in [0.5, 0.6) is 0 Å². The maximum Gasteiger partial charge on any atom is 0.435 e. The number of halogens is 4. The fourth-order valence-corrected chi connectivity index (χ4v) is 3.20. The molecule has 4 rings (SSSR count). The van der Waals surface area contributed by atoms with Crippen LogP contribution in [-0.4, -0.2) is 19.7 Å². The number of aromatic amines is 1. The average Bonchev–Trinajstić information content (AvgIpc) is 3.19. The van der Waals surface area contributed by atoms with Crippen LogP contribution >= 0.6 is 11.6 Å². The second-order valence-electron chi connectivity index (χ2n) is 6.31. The van der Waals surface area contributed by atoms with Gasteiger partial charge in [-0.05, 0) is 48.9 Å². The summed E-state index contributed by atoms with van der Waals surface area (Å²) in [5, 5.41) is 4.16. The molecular weight excluding hydrogens is 377 g/mol. The summed E-state index contributed by atoms with van der Waals surface area (Å²) in [6.45, 7) is 1.98. The standard InChI is InChI=1S/C19H14ClF3N4/c1-10-3-4-11(20)7-12(10)15-8-16-13(24-15)5-6-14(25-16)17-9-18(19(21,22)23)26-27(17)2/h3-9,24H,1-2H3. The number of hydrogen-bond acceptors (Lipinski definition) is 2. The highest BCUT2D eigenvalue weighted by molar-refractivity contribution is 6.30. The van der Waals surface area contributed by atoms with Gasteiger partial charge in [0.05, 0.1) is 22.4 Å². The normalized spacial score (nSPS) is 12.1. The van der Waals surface area contributed by atoms with E-state index >= 15 is 0 Å². The van der Waals surface area contributed by atoms with E-state index < -0.39 is 11.9 Å². The zero-order chi connectivity index (χ0) is 19.3. The average molecular weight is 391 g/mol. The minimum Gasteiger partial charge on any atom is -0.353 e. The molecular formula is C19H14ClF3N4. The fourth-order valence-electron chi connectivity index (χ4n) is 3.03. The molecule has 27 heavy (non-hydrogen) atoms. The SMILES string of the molecule is Cc1ccc(Cl)cc1-c1cc2nc(-c3cc(C(F)(F)F)nn3C)ccc2[nH]1. The first-order valence-electron chi connectivity index (χ1n) is 8.10. The summed E-state index contributed by atoms with van der Waals surface area (Å²) in [5.74, 6) is 0. The van der Waals surface area contributed by atoms with Gasteiger partial charge in [0.15, 0.2) is 5.69 Å². The Balaban J connectivity index is 1.80. The van der Waals surface area contributed by atoms with Gasteiger partial charge in [-0.25, -0.2) is 4.98 Å². The molecule has 1 N–H and O–H groups in total. The number of fused-ring (bicyclic) bond motifs is 1. The van der Waals surface area contributed by atoms with E-state index in [1.54, 1.807) is 12.1 Å². The van der Waals surface area contributed by atoms with E-state index in [-0.39, 0.29) is 0 Å². The summed E-state index contributed by atoms with van der Waals surface area (Å²) in [4.78, 5) is 7.79. The Kier molecular flexibility index (Phi) is 3.99. The number of nitrogens with zero attached hydrogens (tertiary/aromatic N) is 3. The van der Waals surface area contributed by atoms with Crippen molar-refractivity contribution < 1.29 is 13.2 Å². The molecule has 4 nitrogen and oxygen atoms in total. The number of benzene rings is 1. The third-order valence-corrected chi connectivity index (χ3v) is 4.63. The van der Waals surface area contributed by atoms with Gasteiger partial charge in [-0.2, -0.15) is 18.3 Å². The van der Waals surface area contributed by atoms with Crippen LogP contribution in [0.25, 0.3) is 33.7 Å².